The van der Waals surface area contributed by atoms with Crippen LogP contribution in [-0.4, -0.2) is 11.3 Å². The quantitative estimate of drug-likeness (QED) is 0.161. The number of nitrogens with zero attached hydrogens (tertiary/aromatic N) is 3. The zero-order valence-electron chi connectivity index (χ0n) is 38.8. The molecule has 2 aliphatic rings. The first-order valence-electron chi connectivity index (χ1n) is 24.7. The predicted molar refractivity (Wildman–Crippen MR) is 300 cm³/mol. The molecule has 0 saturated heterocycles. The topological polar surface area (TPSA) is 37.7 Å². The molecule has 0 fully saturated rings. The first-order valence-corrected chi connectivity index (χ1v) is 24.7. The Hall–Kier alpha value is -9.52. The number of rotatable bonds is 5. The van der Waals surface area contributed by atoms with Crippen LogP contribution in [0.3, 0.4) is 0 Å². The van der Waals surface area contributed by atoms with Crippen LogP contribution in [0.1, 0.15) is 0 Å². The third-order valence-corrected chi connectivity index (χ3v) is 15.3. The van der Waals surface area contributed by atoms with Gasteiger partial charge in [-0.25, -0.2) is 0 Å². The molecule has 0 unspecified atom stereocenters. The summed E-state index contributed by atoms with van der Waals surface area (Å²) < 4.78 is 15.9. The van der Waals surface area contributed by atoms with Crippen molar-refractivity contribution in [1.82, 2.24) is 4.57 Å². The monoisotopic (exact) mass is 917 g/mol. The van der Waals surface area contributed by atoms with Crippen LogP contribution in [-0.2, 0) is 0 Å². The lowest BCUT2D eigenvalue weighted by Gasteiger charge is -2.44. The number of para-hydroxylation sites is 6. The summed E-state index contributed by atoms with van der Waals surface area (Å²) in [6.07, 6.45) is 0. The van der Waals surface area contributed by atoms with Gasteiger partial charge in [-0.2, -0.15) is 0 Å². The van der Waals surface area contributed by atoms with Crippen molar-refractivity contribution in [2.24, 2.45) is 0 Å². The van der Waals surface area contributed by atoms with Crippen LogP contribution >= 0.6 is 0 Å². The molecule has 0 amide bonds. The van der Waals surface area contributed by atoms with Crippen molar-refractivity contribution in [1.29, 1.82) is 0 Å². The summed E-state index contributed by atoms with van der Waals surface area (Å²) in [5, 5.41) is 6.72. The van der Waals surface area contributed by atoms with Crippen molar-refractivity contribution in [2.45, 2.75) is 0 Å². The van der Waals surface area contributed by atoms with Crippen LogP contribution in [0.4, 0.5) is 34.1 Å². The Balaban J connectivity index is 1.11. The number of furan rings is 2. The number of anilines is 6. The summed E-state index contributed by atoms with van der Waals surface area (Å²) >= 11 is 0. The lowest BCUT2D eigenvalue weighted by atomic mass is 9.33. The van der Waals surface area contributed by atoms with Crippen LogP contribution in [0.15, 0.2) is 251 Å². The molecule has 16 rings (SSSR count). The SMILES string of the molecule is c1ccc(-c2cccc3c4cccc(-c5ccccc5)c4n(-c4cc5c6c(c4)N(c4cccc7oc8ccccc8c47)c4ccccc4B6c4ccccc4N5c4cccc5oc6ccccc6c45)c23)cc1. The van der Waals surface area contributed by atoms with Gasteiger partial charge in [0, 0.05) is 55.4 Å². The second-order valence-electron chi connectivity index (χ2n) is 19.1. The van der Waals surface area contributed by atoms with E-state index in [1.807, 2.05) is 0 Å². The Morgan fingerprint density at radius 2 is 0.694 bits per heavy atom. The van der Waals surface area contributed by atoms with E-state index in [4.69, 9.17) is 8.83 Å². The molecule has 0 saturated carbocycles. The predicted octanol–water partition coefficient (Wildman–Crippen LogP) is 16.0. The maximum Gasteiger partial charge on any atom is 0.252 e. The molecular weight excluding hydrogens is 878 g/mol. The normalized spacial score (nSPS) is 12.9. The molecule has 5 nitrogen and oxygen atoms in total. The third kappa shape index (κ3) is 5.43. The highest BCUT2D eigenvalue weighted by Gasteiger charge is 2.44. The zero-order valence-corrected chi connectivity index (χ0v) is 38.8. The minimum absolute atomic E-state index is 0.0811. The lowest BCUT2D eigenvalue weighted by molar-refractivity contribution is 0.668. The highest BCUT2D eigenvalue weighted by Crippen LogP contribution is 2.51. The van der Waals surface area contributed by atoms with E-state index in [1.165, 1.54) is 38.3 Å². The van der Waals surface area contributed by atoms with Gasteiger partial charge in [0.05, 0.1) is 38.9 Å². The molecule has 11 aromatic carbocycles. The van der Waals surface area contributed by atoms with E-state index in [0.717, 1.165) is 106 Å². The average Bonchev–Trinajstić information content (AvgIpc) is 4.14. The summed E-state index contributed by atoms with van der Waals surface area (Å²) in [4.78, 5) is 5.06. The fourth-order valence-corrected chi connectivity index (χ4v) is 12.5. The smallest absolute Gasteiger partial charge is 0.252 e. The van der Waals surface area contributed by atoms with E-state index >= 15 is 0 Å². The molecule has 0 aliphatic carbocycles. The van der Waals surface area contributed by atoms with Crippen LogP contribution in [0.5, 0.6) is 0 Å². The zero-order chi connectivity index (χ0) is 47.0. The molecule has 14 aromatic rings. The van der Waals surface area contributed by atoms with Gasteiger partial charge in [0.15, 0.2) is 0 Å². The Kier molecular flexibility index (Phi) is 8.19. The molecule has 6 heteroatoms. The Bertz CT molecular complexity index is 4270. The molecule has 334 valence electrons. The second-order valence-corrected chi connectivity index (χ2v) is 19.1. The van der Waals surface area contributed by atoms with Crippen LogP contribution in [0, 0.1) is 0 Å². The highest BCUT2D eigenvalue weighted by atomic mass is 16.3. The van der Waals surface area contributed by atoms with E-state index in [9.17, 15) is 0 Å². The van der Waals surface area contributed by atoms with E-state index in [-0.39, 0.29) is 6.71 Å². The molecule has 3 aromatic heterocycles. The summed E-state index contributed by atoms with van der Waals surface area (Å²) in [5.41, 5.74) is 21.8. The van der Waals surface area contributed by atoms with Crippen molar-refractivity contribution in [2.75, 3.05) is 9.80 Å². The lowest BCUT2D eigenvalue weighted by Crippen LogP contribution is -2.61. The van der Waals surface area contributed by atoms with Gasteiger partial charge in [0.25, 0.3) is 6.71 Å². The number of fused-ring (bicyclic) bond motifs is 13. The van der Waals surface area contributed by atoms with E-state index in [2.05, 4.69) is 257 Å². The Labute approximate surface area is 414 Å². The van der Waals surface area contributed by atoms with Crippen molar-refractivity contribution in [3.05, 3.63) is 243 Å². The van der Waals surface area contributed by atoms with Crippen molar-refractivity contribution < 1.29 is 8.83 Å². The molecule has 0 atom stereocenters. The summed E-state index contributed by atoms with van der Waals surface area (Å²) in [5.74, 6) is 0. The molecule has 2 aliphatic heterocycles. The van der Waals surface area contributed by atoms with Gasteiger partial charge < -0.3 is 23.2 Å². The van der Waals surface area contributed by atoms with Gasteiger partial charge in [-0.05, 0) is 88.2 Å². The molecular formula is C66H40BN3O2. The van der Waals surface area contributed by atoms with Gasteiger partial charge in [-0.1, -0.05) is 182 Å². The number of aromatic nitrogens is 1. The minimum atomic E-state index is -0.0811. The van der Waals surface area contributed by atoms with Gasteiger partial charge in [-0.3, -0.25) is 0 Å². The van der Waals surface area contributed by atoms with Crippen molar-refractivity contribution >= 4 is 123 Å². The van der Waals surface area contributed by atoms with Crippen LogP contribution < -0.4 is 26.2 Å². The average molecular weight is 918 g/mol. The van der Waals surface area contributed by atoms with E-state index < -0.39 is 0 Å². The molecule has 5 heterocycles. The first-order chi connectivity index (χ1) is 35.8. The largest absolute Gasteiger partial charge is 0.456 e. The number of hydrogen-bond acceptors (Lipinski definition) is 4. The molecule has 72 heavy (non-hydrogen) atoms. The second kappa shape index (κ2) is 15.0. The maximum absolute atomic E-state index is 6.67. The number of benzene rings is 11. The Morgan fingerprint density at radius 3 is 1.19 bits per heavy atom. The van der Waals surface area contributed by atoms with Crippen molar-refractivity contribution in [3.8, 4) is 27.9 Å². The molecule has 0 bridgehead atoms. The third-order valence-electron chi connectivity index (χ3n) is 15.3. The minimum Gasteiger partial charge on any atom is -0.456 e. The summed E-state index contributed by atoms with van der Waals surface area (Å²) in [6.45, 7) is -0.0811. The standard InChI is InChI=1S/C66H40BN3O2/c1-3-19-41(20-4-1)44-25-15-27-46-47-28-16-26-45(42-21-5-2-6-22-42)66(47)68(65(44)46)43-39-56-64-57(40-43)70(55-34-18-38-61-63(55)49-24-8-14-36-59(49)72-61)53-32-12-10-30-51(53)67(64)50-29-9-11-31-52(50)69(56)54-33-17-37-60-62(54)48-23-7-13-35-58(48)71-60/h1-40H. The van der Waals surface area contributed by atoms with Gasteiger partial charge in [0.2, 0.25) is 0 Å². The van der Waals surface area contributed by atoms with Gasteiger partial charge in [-0.15, -0.1) is 0 Å². The molecule has 0 N–H and O–H groups in total. The fraction of sp³-hybridized carbons (Fsp3) is 0. The van der Waals surface area contributed by atoms with E-state index in [1.54, 1.807) is 0 Å². The maximum atomic E-state index is 6.67. The summed E-state index contributed by atoms with van der Waals surface area (Å²) in [6, 6.07) is 88.2. The van der Waals surface area contributed by atoms with Crippen molar-refractivity contribution in [3.63, 3.8) is 0 Å². The van der Waals surface area contributed by atoms with Gasteiger partial charge >= 0.3 is 0 Å². The van der Waals surface area contributed by atoms with Crippen LogP contribution in [0.25, 0.3) is 93.6 Å². The molecule has 0 radical (unpaired) electrons. The molecule has 0 spiro atoms. The highest BCUT2D eigenvalue weighted by molar-refractivity contribution is 7.00. The van der Waals surface area contributed by atoms with Crippen LogP contribution in [0.2, 0.25) is 0 Å². The van der Waals surface area contributed by atoms with E-state index in [0.29, 0.717) is 0 Å². The Morgan fingerprint density at radius 1 is 0.306 bits per heavy atom. The number of hydrogen-bond donors (Lipinski definition) is 0. The summed E-state index contributed by atoms with van der Waals surface area (Å²) in [7, 11) is 0. The van der Waals surface area contributed by atoms with Gasteiger partial charge in [0.1, 0.15) is 22.3 Å². The first kappa shape index (κ1) is 39.3. The fourth-order valence-electron chi connectivity index (χ4n) is 12.5.